The van der Waals surface area contributed by atoms with E-state index in [1.165, 1.54) is 6.07 Å². The third kappa shape index (κ3) is 2.51. The molecule has 1 aliphatic carbocycles. The molecule has 7 heteroatoms. The molecule has 2 rings (SSSR count). The Hall–Kier alpha value is -1.37. The maximum Gasteiger partial charge on any atom is 0.419 e. The first-order valence-corrected chi connectivity index (χ1v) is 5.50. The summed E-state index contributed by atoms with van der Waals surface area (Å²) in [7, 11) is 1.11. The number of methoxy groups -OCH3 is 1. The predicted octanol–water partition coefficient (Wildman–Crippen LogP) is 3.30. The quantitative estimate of drug-likeness (QED) is 0.844. The van der Waals surface area contributed by atoms with Gasteiger partial charge in [0, 0.05) is 12.8 Å². The Morgan fingerprint density at radius 3 is 2.21 bits per heavy atom. The third-order valence-corrected chi connectivity index (χ3v) is 3.23. The van der Waals surface area contributed by atoms with Gasteiger partial charge in [0.2, 0.25) is 0 Å². The first-order chi connectivity index (χ1) is 8.57. The molecule has 0 bridgehead atoms. The lowest BCUT2D eigenvalue weighted by Gasteiger charge is -2.45. The Morgan fingerprint density at radius 1 is 1.21 bits per heavy atom. The molecule has 1 aromatic carbocycles. The van der Waals surface area contributed by atoms with Gasteiger partial charge in [0.05, 0.1) is 18.2 Å². The second kappa shape index (κ2) is 4.06. The number of benzene rings is 1. The molecule has 0 heterocycles. The van der Waals surface area contributed by atoms with Crippen molar-refractivity contribution in [2.75, 3.05) is 7.11 Å². The molecule has 0 amide bonds. The zero-order valence-electron chi connectivity index (χ0n) is 10.0. The van der Waals surface area contributed by atoms with Crippen molar-refractivity contribution in [2.24, 2.45) is 5.73 Å². The largest absolute Gasteiger partial charge is 0.496 e. The Balaban J connectivity index is 2.40. The molecule has 1 aromatic rings. The highest BCUT2D eigenvalue weighted by molar-refractivity contribution is 5.43. The highest BCUT2D eigenvalue weighted by Gasteiger charge is 2.55. The van der Waals surface area contributed by atoms with Crippen LogP contribution in [0.2, 0.25) is 0 Å². The van der Waals surface area contributed by atoms with Gasteiger partial charge in [-0.1, -0.05) is 6.07 Å². The molecule has 0 aromatic heterocycles. The van der Waals surface area contributed by atoms with Gasteiger partial charge in [0.1, 0.15) is 5.75 Å². The molecule has 19 heavy (non-hydrogen) atoms. The van der Waals surface area contributed by atoms with Gasteiger partial charge in [-0.15, -0.1) is 0 Å². The molecule has 106 valence electrons. The fourth-order valence-electron chi connectivity index (χ4n) is 2.31. The third-order valence-electron chi connectivity index (χ3n) is 3.23. The molecule has 1 fully saturated rings. The van der Waals surface area contributed by atoms with Crippen molar-refractivity contribution in [1.82, 2.24) is 0 Å². The monoisotopic (exact) mass is 281 g/mol. The van der Waals surface area contributed by atoms with E-state index in [1.54, 1.807) is 0 Å². The first kappa shape index (κ1) is 14.0. The Labute approximate surface area is 106 Å². The highest BCUT2D eigenvalue weighted by Crippen LogP contribution is 2.51. The van der Waals surface area contributed by atoms with Gasteiger partial charge >= 0.3 is 6.18 Å². The molecule has 0 aliphatic heterocycles. The molecule has 0 spiro atoms. The lowest BCUT2D eigenvalue weighted by atomic mass is 9.69. The van der Waals surface area contributed by atoms with E-state index < -0.39 is 36.0 Å². The topological polar surface area (TPSA) is 35.2 Å². The Bertz CT molecular complexity index is 489. The molecular weight excluding hydrogens is 269 g/mol. The van der Waals surface area contributed by atoms with E-state index in [1.807, 2.05) is 0 Å². The normalized spacial score (nSPS) is 20.8. The number of alkyl halides is 5. The van der Waals surface area contributed by atoms with Crippen molar-refractivity contribution in [3.8, 4) is 5.75 Å². The van der Waals surface area contributed by atoms with Gasteiger partial charge in [-0.2, -0.15) is 13.2 Å². The van der Waals surface area contributed by atoms with Crippen LogP contribution in [-0.2, 0) is 11.7 Å². The number of nitrogens with two attached hydrogens (primary N) is 1. The van der Waals surface area contributed by atoms with E-state index in [0.717, 1.165) is 19.2 Å². The number of rotatable bonds is 2. The summed E-state index contributed by atoms with van der Waals surface area (Å²) >= 11 is 0. The molecule has 0 unspecified atom stereocenters. The van der Waals surface area contributed by atoms with E-state index in [-0.39, 0.29) is 11.3 Å². The Morgan fingerprint density at radius 2 is 1.79 bits per heavy atom. The van der Waals surface area contributed by atoms with E-state index in [2.05, 4.69) is 4.74 Å². The van der Waals surface area contributed by atoms with Gasteiger partial charge in [0.25, 0.3) is 5.92 Å². The minimum Gasteiger partial charge on any atom is -0.496 e. The van der Waals surface area contributed by atoms with Crippen molar-refractivity contribution in [2.45, 2.75) is 30.5 Å². The van der Waals surface area contributed by atoms with Crippen LogP contribution in [0.4, 0.5) is 22.0 Å². The summed E-state index contributed by atoms with van der Waals surface area (Å²) in [4.78, 5) is 0. The number of halogens is 5. The lowest BCUT2D eigenvalue weighted by Crippen LogP contribution is -2.55. The number of hydrogen-bond donors (Lipinski definition) is 1. The summed E-state index contributed by atoms with van der Waals surface area (Å²) in [5.74, 6) is -3.27. The van der Waals surface area contributed by atoms with Gasteiger partial charge in [-0.05, 0) is 17.7 Å². The fraction of sp³-hybridized carbons (Fsp3) is 0.500. The van der Waals surface area contributed by atoms with Crippen molar-refractivity contribution >= 4 is 0 Å². The van der Waals surface area contributed by atoms with E-state index in [9.17, 15) is 22.0 Å². The van der Waals surface area contributed by atoms with Crippen LogP contribution in [0.5, 0.6) is 5.75 Å². The molecule has 1 saturated carbocycles. The standard InChI is InChI=1S/C12H12F5NO/c1-19-9-3-2-7(4-8(9)12(15,16)17)10(18)5-11(13,14)6-10/h2-4H,5-6,18H2,1H3. The van der Waals surface area contributed by atoms with Crippen LogP contribution >= 0.6 is 0 Å². The van der Waals surface area contributed by atoms with Crippen molar-refractivity contribution in [3.05, 3.63) is 29.3 Å². The molecule has 2 nitrogen and oxygen atoms in total. The maximum atomic E-state index is 12.9. The van der Waals surface area contributed by atoms with Crippen LogP contribution in [0.15, 0.2) is 18.2 Å². The van der Waals surface area contributed by atoms with Gasteiger partial charge in [-0.3, -0.25) is 0 Å². The minimum atomic E-state index is -4.62. The van der Waals surface area contributed by atoms with E-state index in [4.69, 9.17) is 5.73 Å². The van der Waals surface area contributed by atoms with Crippen LogP contribution in [0.1, 0.15) is 24.0 Å². The number of ether oxygens (including phenoxy) is 1. The summed E-state index contributed by atoms with van der Waals surface area (Å²) in [5, 5.41) is 0. The molecule has 0 radical (unpaired) electrons. The van der Waals surface area contributed by atoms with Crippen LogP contribution in [0, 0.1) is 0 Å². The average Bonchev–Trinajstić information content (AvgIpc) is 2.24. The summed E-state index contributed by atoms with van der Waals surface area (Å²) in [6.45, 7) is 0. The predicted molar refractivity (Wildman–Crippen MR) is 58.0 cm³/mol. The summed E-state index contributed by atoms with van der Waals surface area (Å²) in [5.41, 5.74) is 3.35. The average molecular weight is 281 g/mol. The van der Waals surface area contributed by atoms with Crippen molar-refractivity contribution < 1.29 is 26.7 Å². The van der Waals surface area contributed by atoms with Crippen molar-refractivity contribution in [3.63, 3.8) is 0 Å². The minimum absolute atomic E-state index is 0.0477. The second-order valence-electron chi connectivity index (χ2n) is 4.78. The second-order valence-corrected chi connectivity index (χ2v) is 4.78. The summed E-state index contributed by atoms with van der Waals surface area (Å²) in [6, 6.07) is 3.18. The zero-order chi connectivity index (χ0) is 14.5. The van der Waals surface area contributed by atoms with Crippen molar-refractivity contribution in [1.29, 1.82) is 0 Å². The Kier molecular flexibility index (Phi) is 3.00. The van der Waals surface area contributed by atoms with Gasteiger partial charge in [-0.25, -0.2) is 8.78 Å². The van der Waals surface area contributed by atoms with E-state index in [0.29, 0.717) is 0 Å². The molecule has 0 saturated heterocycles. The summed E-state index contributed by atoms with van der Waals surface area (Å²) in [6.07, 6.45) is -5.92. The summed E-state index contributed by atoms with van der Waals surface area (Å²) < 4.78 is 68.8. The van der Waals surface area contributed by atoms with Crippen LogP contribution < -0.4 is 10.5 Å². The molecular formula is C12H12F5NO. The van der Waals surface area contributed by atoms with Gasteiger partial charge < -0.3 is 10.5 Å². The van der Waals surface area contributed by atoms with Gasteiger partial charge in [0.15, 0.2) is 0 Å². The lowest BCUT2D eigenvalue weighted by molar-refractivity contribution is -0.139. The molecule has 0 atom stereocenters. The van der Waals surface area contributed by atoms with E-state index >= 15 is 0 Å². The SMILES string of the molecule is COc1ccc(C2(N)CC(F)(F)C2)cc1C(F)(F)F. The zero-order valence-corrected chi connectivity index (χ0v) is 10.0. The van der Waals surface area contributed by atoms with Crippen LogP contribution in [0.3, 0.4) is 0 Å². The highest BCUT2D eigenvalue weighted by atomic mass is 19.4. The van der Waals surface area contributed by atoms with Crippen LogP contribution in [0.25, 0.3) is 0 Å². The van der Waals surface area contributed by atoms with Crippen LogP contribution in [-0.4, -0.2) is 13.0 Å². The number of hydrogen-bond acceptors (Lipinski definition) is 2. The maximum absolute atomic E-state index is 12.9. The smallest absolute Gasteiger partial charge is 0.419 e. The molecule has 2 N–H and O–H groups in total. The first-order valence-electron chi connectivity index (χ1n) is 5.50. The fourth-order valence-corrected chi connectivity index (χ4v) is 2.31. The molecule has 1 aliphatic rings.